The third-order valence-corrected chi connectivity index (χ3v) is 4.56. The molecule has 24 heavy (non-hydrogen) atoms. The summed E-state index contributed by atoms with van der Waals surface area (Å²) in [5.74, 6) is 0.953. The number of piperazine rings is 1. The van der Waals surface area contributed by atoms with Crippen molar-refractivity contribution >= 4 is 24.1 Å². The summed E-state index contributed by atoms with van der Waals surface area (Å²) in [5, 5.41) is 3.36. The van der Waals surface area contributed by atoms with E-state index in [1.807, 2.05) is 4.90 Å². The van der Waals surface area contributed by atoms with E-state index in [0.717, 1.165) is 18.8 Å². The molecule has 1 N–H and O–H groups in total. The van der Waals surface area contributed by atoms with Crippen LogP contribution in [0.1, 0.15) is 43.5 Å². The Morgan fingerprint density at radius 2 is 1.88 bits per heavy atom. The average Bonchev–Trinajstić information content (AvgIpc) is 2.57. The molecule has 1 aromatic carbocycles. The molecule has 1 fully saturated rings. The molecule has 2 unspecified atom stereocenters. The zero-order valence-electron chi connectivity index (χ0n) is 14.6. The summed E-state index contributed by atoms with van der Waals surface area (Å²) in [6.45, 7) is 5.74. The third kappa shape index (κ3) is 5.21. The van der Waals surface area contributed by atoms with Crippen LogP contribution in [0.3, 0.4) is 0 Å². The molecule has 1 aliphatic heterocycles. The minimum atomic E-state index is 0. The maximum Gasteiger partial charge on any atom is 0.222 e. The SMILES string of the molecule is COc1ccc(C(=O)CCCC(=O)N2CCNC(C)C2C)cc1.Cl. The number of nitrogens with zero attached hydrogens (tertiary/aromatic N) is 1. The summed E-state index contributed by atoms with van der Waals surface area (Å²) in [6.07, 6.45) is 1.42. The first-order valence-electron chi connectivity index (χ1n) is 8.23. The number of hydrogen-bond acceptors (Lipinski definition) is 4. The molecular formula is C18H27ClN2O3. The van der Waals surface area contributed by atoms with Crippen LogP contribution >= 0.6 is 12.4 Å². The first kappa shape index (κ1) is 20.5. The number of ketones is 1. The van der Waals surface area contributed by atoms with Gasteiger partial charge < -0.3 is 15.0 Å². The lowest BCUT2D eigenvalue weighted by Crippen LogP contribution is -2.57. The Hall–Kier alpha value is -1.59. The molecule has 2 rings (SSSR count). The fourth-order valence-corrected chi connectivity index (χ4v) is 2.87. The van der Waals surface area contributed by atoms with Crippen LogP contribution in [0.5, 0.6) is 5.75 Å². The highest BCUT2D eigenvalue weighted by Gasteiger charge is 2.27. The van der Waals surface area contributed by atoms with Gasteiger partial charge in [-0.05, 0) is 44.5 Å². The first-order valence-corrected chi connectivity index (χ1v) is 8.23. The number of nitrogens with one attached hydrogen (secondary N) is 1. The summed E-state index contributed by atoms with van der Waals surface area (Å²) in [5.41, 5.74) is 0.669. The zero-order chi connectivity index (χ0) is 16.8. The van der Waals surface area contributed by atoms with E-state index in [9.17, 15) is 9.59 Å². The number of rotatable bonds is 6. The zero-order valence-corrected chi connectivity index (χ0v) is 15.4. The number of hydrogen-bond donors (Lipinski definition) is 1. The fraction of sp³-hybridized carbons (Fsp3) is 0.556. The van der Waals surface area contributed by atoms with Gasteiger partial charge in [-0.1, -0.05) is 0 Å². The summed E-state index contributed by atoms with van der Waals surface area (Å²) in [6, 6.07) is 7.61. The van der Waals surface area contributed by atoms with Gasteiger partial charge in [0.2, 0.25) is 5.91 Å². The van der Waals surface area contributed by atoms with E-state index in [1.165, 1.54) is 0 Å². The van der Waals surface area contributed by atoms with Crippen molar-refractivity contribution in [2.75, 3.05) is 20.2 Å². The Morgan fingerprint density at radius 3 is 2.50 bits per heavy atom. The van der Waals surface area contributed by atoms with Gasteiger partial charge in [0, 0.05) is 43.6 Å². The summed E-state index contributed by atoms with van der Waals surface area (Å²) >= 11 is 0. The molecule has 134 valence electrons. The molecule has 1 heterocycles. The number of carbonyl (C=O) groups excluding carboxylic acids is 2. The number of halogens is 1. The van der Waals surface area contributed by atoms with Gasteiger partial charge in [0.05, 0.1) is 7.11 Å². The molecule has 0 spiro atoms. The molecule has 0 aromatic heterocycles. The van der Waals surface area contributed by atoms with E-state index in [-0.39, 0.29) is 30.1 Å². The number of amides is 1. The van der Waals surface area contributed by atoms with Gasteiger partial charge in [-0.15, -0.1) is 12.4 Å². The number of methoxy groups -OCH3 is 1. The van der Waals surface area contributed by atoms with E-state index in [0.29, 0.717) is 30.9 Å². The molecule has 0 saturated carbocycles. The van der Waals surface area contributed by atoms with Crippen molar-refractivity contribution in [2.45, 2.75) is 45.2 Å². The van der Waals surface area contributed by atoms with Crippen LogP contribution in [-0.4, -0.2) is 48.9 Å². The van der Waals surface area contributed by atoms with E-state index in [4.69, 9.17) is 4.74 Å². The van der Waals surface area contributed by atoms with Crippen molar-refractivity contribution in [3.63, 3.8) is 0 Å². The van der Waals surface area contributed by atoms with Gasteiger partial charge in [0.25, 0.3) is 0 Å². The van der Waals surface area contributed by atoms with Crippen molar-refractivity contribution in [2.24, 2.45) is 0 Å². The van der Waals surface area contributed by atoms with Crippen LogP contribution in [0.4, 0.5) is 0 Å². The van der Waals surface area contributed by atoms with Crippen molar-refractivity contribution in [1.29, 1.82) is 0 Å². The molecule has 0 bridgehead atoms. The largest absolute Gasteiger partial charge is 0.497 e. The van der Waals surface area contributed by atoms with E-state index in [1.54, 1.807) is 31.4 Å². The number of ether oxygens (including phenoxy) is 1. The van der Waals surface area contributed by atoms with Crippen LogP contribution < -0.4 is 10.1 Å². The minimum absolute atomic E-state index is 0. The number of Topliss-reactive ketones (excluding diaryl/α,β-unsaturated/α-hetero) is 1. The van der Waals surface area contributed by atoms with Crippen LogP contribution in [0.25, 0.3) is 0 Å². The monoisotopic (exact) mass is 354 g/mol. The van der Waals surface area contributed by atoms with Crippen molar-refractivity contribution < 1.29 is 14.3 Å². The number of carbonyl (C=O) groups is 2. The summed E-state index contributed by atoms with van der Waals surface area (Å²) in [4.78, 5) is 26.4. The van der Waals surface area contributed by atoms with Crippen LogP contribution in [0, 0.1) is 0 Å². The van der Waals surface area contributed by atoms with Gasteiger partial charge in [-0.25, -0.2) is 0 Å². The first-order chi connectivity index (χ1) is 11.0. The minimum Gasteiger partial charge on any atom is -0.497 e. The Balaban J connectivity index is 0.00000288. The highest BCUT2D eigenvalue weighted by Crippen LogP contribution is 2.15. The summed E-state index contributed by atoms with van der Waals surface area (Å²) < 4.78 is 5.08. The summed E-state index contributed by atoms with van der Waals surface area (Å²) in [7, 11) is 1.60. The van der Waals surface area contributed by atoms with Gasteiger partial charge in [0.15, 0.2) is 5.78 Å². The Bertz CT molecular complexity index is 548. The van der Waals surface area contributed by atoms with Gasteiger partial charge >= 0.3 is 0 Å². The Labute approximate surface area is 150 Å². The molecule has 1 aromatic rings. The number of benzene rings is 1. The lowest BCUT2D eigenvalue weighted by Gasteiger charge is -2.38. The maximum atomic E-state index is 12.3. The second-order valence-electron chi connectivity index (χ2n) is 6.08. The molecule has 0 aliphatic carbocycles. The molecular weight excluding hydrogens is 328 g/mol. The predicted molar refractivity (Wildman–Crippen MR) is 97.1 cm³/mol. The fourth-order valence-electron chi connectivity index (χ4n) is 2.87. The van der Waals surface area contributed by atoms with Crippen LogP contribution in [-0.2, 0) is 4.79 Å². The second kappa shape index (κ2) is 9.64. The maximum absolute atomic E-state index is 12.3. The Morgan fingerprint density at radius 1 is 1.21 bits per heavy atom. The van der Waals surface area contributed by atoms with Gasteiger partial charge in [-0.3, -0.25) is 9.59 Å². The van der Waals surface area contributed by atoms with Gasteiger partial charge in [-0.2, -0.15) is 0 Å². The lowest BCUT2D eigenvalue weighted by atomic mass is 10.0. The van der Waals surface area contributed by atoms with Crippen molar-refractivity contribution in [3.8, 4) is 5.75 Å². The predicted octanol–water partition coefficient (Wildman–Crippen LogP) is 2.68. The lowest BCUT2D eigenvalue weighted by molar-refractivity contribution is -0.134. The highest BCUT2D eigenvalue weighted by molar-refractivity contribution is 5.96. The van der Waals surface area contributed by atoms with Crippen LogP contribution in [0.15, 0.2) is 24.3 Å². The Kier molecular flexibility index (Phi) is 8.22. The topological polar surface area (TPSA) is 58.6 Å². The molecule has 1 aliphatic rings. The standard InChI is InChI=1S/C18H26N2O3.ClH/c1-13-14(2)20(12-11-19-13)18(22)6-4-5-17(21)15-7-9-16(23-3)10-8-15;/h7-10,13-14,19H,4-6,11-12H2,1-3H3;1H. The highest BCUT2D eigenvalue weighted by atomic mass is 35.5. The van der Waals surface area contributed by atoms with E-state index in [2.05, 4.69) is 19.2 Å². The smallest absolute Gasteiger partial charge is 0.222 e. The quantitative estimate of drug-likeness (QED) is 0.798. The molecule has 2 atom stereocenters. The van der Waals surface area contributed by atoms with Crippen LogP contribution in [0.2, 0.25) is 0 Å². The van der Waals surface area contributed by atoms with E-state index < -0.39 is 0 Å². The van der Waals surface area contributed by atoms with Gasteiger partial charge in [0.1, 0.15) is 5.75 Å². The normalized spacial score (nSPS) is 20.2. The average molecular weight is 355 g/mol. The molecule has 1 amide bonds. The molecule has 5 nitrogen and oxygen atoms in total. The molecule has 6 heteroatoms. The van der Waals surface area contributed by atoms with Crippen molar-refractivity contribution in [3.05, 3.63) is 29.8 Å². The third-order valence-electron chi connectivity index (χ3n) is 4.56. The molecule has 0 radical (unpaired) electrons. The molecule has 1 saturated heterocycles. The van der Waals surface area contributed by atoms with Crippen molar-refractivity contribution in [1.82, 2.24) is 10.2 Å². The van der Waals surface area contributed by atoms with E-state index >= 15 is 0 Å². The second-order valence-corrected chi connectivity index (χ2v) is 6.08.